The van der Waals surface area contributed by atoms with E-state index in [1.165, 1.54) is 0 Å². The van der Waals surface area contributed by atoms with Crippen molar-refractivity contribution in [3.63, 3.8) is 0 Å². The molecule has 9 nitrogen and oxygen atoms in total. The van der Waals surface area contributed by atoms with Gasteiger partial charge in [-0.1, -0.05) is 20.8 Å². The van der Waals surface area contributed by atoms with E-state index in [2.05, 4.69) is 20.8 Å². The first-order chi connectivity index (χ1) is 18.0. The van der Waals surface area contributed by atoms with Gasteiger partial charge in [0.1, 0.15) is 13.2 Å². The summed E-state index contributed by atoms with van der Waals surface area (Å²) in [6.07, 6.45) is 4.67. The number of fused-ring (bicyclic) bond motifs is 5. The Balaban J connectivity index is 1.45. The Morgan fingerprint density at radius 3 is 2.41 bits per heavy atom. The number of carboxylic acid groups (broad SMARTS) is 1. The highest BCUT2D eigenvalue weighted by atomic mass is 31.2. The molecule has 4 aliphatic rings. The summed E-state index contributed by atoms with van der Waals surface area (Å²) >= 11 is 0. The Labute approximate surface area is 234 Å². The van der Waals surface area contributed by atoms with Crippen LogP contribution in [0.4, 0.5) is 0 Å². The van der Waals surface area contributed by atoms with Gasteiger partial charge in [0, 0.05) is 6.42 Å². The summed E-state index contributed by atoms with van der Waals surface area (Å²) in [6, 6.07) is 0. The van der Waals surface area contributed by atoms with Crippen molar-refractivity contribution in [1.82, 2.24) is 0 Å². The van der Waals surface area contributed by atoms with Gasteiger partial charge in [0.2, 0.25) is 0 Å². The van der Waals surface area contributed by atoms with Crippen LogP contribution in [0.1, 0.15) is 78.6 Å². The fourth-order valence-corrected chi connectivity index (χ4v) is 10.4. The van der Waals surface area contributed by atoms with Gasteiger partial charge in [0.05, 0.1) is 39.5 Å². The molecule has 226 valence electrons. The number of quaternary nitrogens is 1. The molecule has 4 rings (SSSR count). The smallest absolute Gasteiger partial charge is 0.472 e. The van der Waals surface area contributed by atoms with E-state index in [9.17, 15) is 29.6 Å². The number of rotatable bonds is 10. The topological polar surface area (TPSA) is 134 Å². The van der Waals surface area contributed by atoms with Gasteiger partial charge in [0.25, 0.3) is 0 Å². The molecule has 4 aliphatic carbocycles. The highest BCUT2D eigenvalue weighted by Crippen LogP contribution is 2.68. The van der Waals surface area contributed by atoms with Crippen molar-refractivity contribution in [2.24, 2.45) is 46.3 Å². The molecular weight excluding hydrogens is 521 g/mol. The zero-order valence-corrected chi connectivity index (χ0v) is 25.7. The van der Waals surface area contributed by atoms with Crippen molar-refractivity contribution in [1.29, 1.82) is 0 Å². The predicted octanol–water partition coefficient (Wildman–Crippen LogP) is 4.30. The number of aliphatic hydroxyl groups excluding tert-OH is 2. The molecule has 0 amide bonds. The van der Waals surface area contributed by atoms with Crippen LogP contribution in [0.15, 0.2) is 0 Å². The Bertz CT molecular complexity index is 941. The van der Waals surface area contributed by atoms with Gasteiger partial charge in [-0.25, -0.2) is 4.57 Å². The van der Waals surface area contributed by atoms with Crippen LogP contribution in [0, 0.1) is 46.3 Å². The van der Waals surface area contributed by atoms with Gasteiger partial charge in [-0.05, 0) is 97.7 Å². The molecule has 39 heavy (non-hydrogen) atoms. The Kier molecular flexibility index (Phi) is 9.08. The zero-order valence-electron chi connectivity index (χ0n) is 24.8. The number of carboxylic acids is 1. The summed E-state index contributed by atoms with van der Waals surface area (Å²) in [5.74, 6) is 0.305. The predicted molar refractivity (Wildman–Crippen MR) is 148 cm³/mol. The molecule has 0 heterocycles. The number of hydrogen-bond donors (Lipinski definition) is 4. The molecule has 0 spiro atoms. The van der Waals surface area contributed by atoms with Crippen LogP contribution in [0.5, 0.6) is 0 Å². The molecule has 0 bridgehead atoms. The van der Waals surface area contributed by atoms with Crippen LogP contribution < -0.4 is 0 Å². The first-order valence-corrected chi connectivity index (χ1v) is 16.5. The minimum atomic E-state index is -4.17. The van der Waals surface area contributed by atoms with Crippen LogP contribution in [0.3, 0.4) is 0 Å². The highest BCUT2D eigenvalue weighted by molar-refractivity contribution is 7.47. The van der Waals surface area contributed by atoms with E-state index < -0.39 is 32.1 Å². The van der Waals surface area contributed by atoms with Crippen molar-refractivity contribution in [3.05, 3.63) is 0 Å². The number of aliphatic carboxylic acids is 1. The minimum absolute atomic E-state index is 0.0803. The molecule has 4 N–H and O–H groups in total. The zero-order chi connectivity index (χ0) is 29.0. The van der Waals surface area contributed by atoms with Crippen LogP contribution in [0.2, 0.25) is 0 Å². The summed E-state index contributed by atoms with van der Waals surface area (Å²) in [5, 5.41) is 32.5. The Morgan fingerprint density at radius 2 is 1.77 bits per heavy atom. The second-order valence-corrected chi connectivity index (χ2v) is 16.2. The number of carbonyl (C=O) groups is 1. The first-order valence-electron chi connectivity index (χ1n) is 15.0. The van der Waals surface area contributed by atoms with Crippen LogP contribution in [0.25, 0.3) is 0 Å². The van der Waals surface area contributed by atoms with Crippen molar-refractivity contribution in [3.8, 4) is 0 Å². The monoisotopic (exact) mass is 574 g/mol. The lowest BCUT2D eigenvalue weighted by atomic mass is 9.43. The molecule has 4 fully saturated rings. The summed E-state index contributed by atoms with van der Waals surface area (Å²) in [7, 11) is 1.81. The van der Waals surface area contributed by atoms with Crippen LogP contribution in [-0.2, 0) is 18.4 Å². The van der Waals surface area contributed by atoms with E-state index >= 15 is 0 Å². The standard InChI is InChI=1S/C29H52NO8P/c1-18(7-10-26(33)34)21-8-9-22-27-23(17-25(32)29(21,22)3)28(2)12-11-20(15-19(28)16-24(27)31)38-39(35,36)37-14-13-30(4,5)6/h18-25,27,31-32H,7-17H2,1-6H3,(H-,33,34,35,36)/p+1/t18-,19+,20-,21-,22+,23+,24-,25+,27+,28+,29-/m1/s1. The average Bonchev–Trinajstić information content (AvgIpc) is 3.16. The molecule has 0 aromatic carbocycles. The lowest BCUT2D eigenvalue weighted by molar-refractivity contribution is -0.870. The third-order valence-electron chi connectivity index (χ3n) is 11.6. The average molecular weight is 575 g/mol. The number of likely N-dealkylation sites (N-methyl/N-ethyl adjacent to an activating group) is 1. The molecule has 0 aliphatic heterocycles. The van der Waals surface area contributed by atoms with Gasteiger partial charge in [0.15, 0.2) is 0 Å². The number of hydrogen-bond acceptors (Lipinski definition) is 6. The summed E-state index contributed by atoms with van der Waals surface area (Å²) < 4.78 is 24.2. The molecule has 0 saturated heterocycles. The van der Waals surface area contributed by atoms with Gasteiger partial charge >= 0.3 is 13.8 Å². The van der Waals surface area contributed by atoms with Crippen molar-refractivity contribution >= 4 is 13.8 Å². The maximum atomic E-state index is 12.7. The van der Waals surface area contributed by atoms with E-state index in [0.717, 1.165) is 19.3 Å². The number of phosphoric ester groups is 1. The fourth-order valence-electron chi connectivity index (χ4n) is 9.41. The highest BCUT2D eigenvalue weighted by Gasteiger charge is 2.65. The lowest BCUT2D eigenvalue weighted by Crippen LogP contribution is -2.62. The molecule has 0 aromatic rings. The third kappa shape index (κ3) is 6.30. The minimum Gasteiger partial charge on any atom is -0.481 e. The molecule has 0 aromatic heterocycles. The second kappa shape index (κ2) is 11.3. The van der Waals surface area contributed by atoms with E-state index in [1.54, 1.807) is 0 Å². The fraction of sp³-hybridized carbons (Fsp3) is 0.966. The van der Waals surface area contributed by atoms with Crippen molar-refractivity contribution < 1.29 is 43.1 Å². The normalized spacial score (nSPS) is 44.5. The quantitative estimate of drug-likeness (QED) is 0.224. The van der Waals surface area contributed by atoms with Crippen molar-refractivity contribution in [2.45, 2.75) is 96.9 Å². The van der Waals surface area contributed by atoms with E-state index in [4.69, 9.17) is 9.05 Å². The second-order valence-electron chi connectivity index (χ2n) is 14.8. The Hall–Kier alpha value is -0.540. The number of nitrogens with zero attached hydrogens (tertiary/aromatic N) is 1. The molecule has 0 radical (unpaired) electrons. The maximum Gasteiger partial charge on any atom is 0.472 e. The van der Waals surface area contributed by atoms with Gasteiger partial charge < -0.3 is 24.7 Å². The third-order valence-corrected chi connectivity index (χ3v) is 12.7. The largest absolute Gasteiger partial charge is 0.481 e. The van der Waals surface area contributed by atoms with Crippen LogP contribution in [-0.4, -0.2) is 83.3 Å². The molecule has 12 atom stereocenters. The van der Waals surface area contributed by atoms with E-state index in [-0.39, 0.29) is 59.4 Å². The van der Waals surface area contributed by atoms with Gasteiger partial charge in [-0.3, -0.25) is 13.8 Å². The molecule has 1 unspecified atom stereocenters. The van der Waals surface area contributed by atoms with Crippen LogP contribution >= 0.6 is 7.82 Å². The number of aliphatic hydroxyl groups is 2. The molecule has 4 saturated carbocycles. The SMILES string of the molecule is C[C@H](CCC(=O)O)[C@H]1CC[C@H]2[C@@H]3[C@H](O)C[C@@H]4C[C@H](OP(=O)(O)OCC[N+](C)(C)C)CC[C@]4(C)[C@H]3C[C@H](O)[C@]12C. The van der Waals surface area contributed by atoms with E-state index in [1.807, 2.05) is 21.1 Å². The molecular formula is C29H53NO8P+. The molecule has 10 heteroatoms. The summed E-state index contributed by atoms with van der Waals surface area (Å²) in [4.78, 5) is 21.6. The van der Waals surface area contributed by atoms with Gasteiger partial charge in [-0.15, -0.1) is 0 Å². The lowest BCUT2D eigenvalue weighted by Gasteiger charge is -2.63. The maximum absolute atomic E-state index is 12.7. The Morgan fingerprint density at radius 1 is 1.08 bits per heavy atom. The van der Waals surface area contributed by atoms with Crippen molar-refractivity contribution in [2.75, 3.05) is 34.3 Å². The van der Waals surface area contributed by atoms with E-state index in [0.29, 0.717) is 43.1 Å². The summed E-state index contributed by atoms with van der Waals surface area (Å²) in [6.45, 7) is 7.35. The van der Waals surface area contributed by atoms with Gasteiger partial charge in [-0.2, -0.15) is 0 Å². The summed E-state index contributed by atoms with van der Waals surface area (Å²) in [5.41, 5.74) is -0.403. The first kappa shape index (κ1) is 31.4. The number of phosphoric acid groups is 1.